The molecule has 1 heterocycles. The molecule has 0 aliphatic rings. The minimum atomic E-state index is -0.601. The number of benzene rings is 1. The van der Waals surface area contributed by atoms with Crippen molar-refractivity contribution in [1.82, 2.24) is 10.5 Å². The molecule has 0 unspecified atom stereocenters. The van der Waals surface area contributed by atoms with Crippen molar-refractivity contribution in [2.75, 3.05) is 0 Å². The zero-order valence-corrected chi connectivity index (χ0v) is 10.8. The quantitative estimate of drug-likeness (QED) is 0.661. The van der Waals surface area contributed by atoms with Crippen LogP contribution >= 0.6 is 15.9 Å². The average molecular weight is 295 g/mol. The van der Waals surface area contributed by atoms with E-state index in [0.717, 1.165) is 27.2 Å². The van der Waals surface area contributed by atoms with Gasteiger partial charge in [-0.3, -0.25) is 10.0 Å². The van der Waals surface area contributed by atoms with E-state index in [1.54, 1.807) is 11.7 Å². The van der Waals surface area contributed by atoms with Crippen molar-refractivity contribution < 1.29 is 10.0 Å². The van der Waals surface area contributed by atoms with E-state index in [9.17, 15) is 4.79 Å². The van der Waals surface area contributed by atoms with Crippen LogP contribution in [0, 0.1) is 0 Å². The largest absolute Gasteiger partial charge is 0.293 e. The number of nitrogens with zero attached hydrogens (tertiary/aromatic N) is 1. The molecule has 0 bridgehead atoms. The van der Waals surface area contributed by atoms with E-state index in [2.05, 4.69) is 20.9 Å². The van der Waals surface area contributed by atoms with Gasteiger partial charge in [0.25, 0.3) is 5.91 Å². The van der Waals surface area contributed by atoms with Crippen molar-refractivity contribution in [2.45, 2.75) is 13.3 Å². The van der Waals surface area contributed by atoms with Crippen molar-refractivity contribution in [2.24, 2.45) is 0 Å². The first-order valence-electron chi connectivity index (χ1n) is 5.19. The molecule has 0 aliphatic carbocycles. The maximum atomic E-state index is 11.5. The maximum Gasteiger partial charge on any atom is 0.293 e. The molecule has 88 valence electrons. The SMILES string of the molecule is CCc1ccc2c(Br)cnc(C(=O)NO)c2c1. The van der Waals surface area contributed by atoms with Gasteiger partial charge >= 0.3 is 0 Å². The Morgan fingerprint density at radius 2 is 2.24 bits per heavy atom. The number of aryl methyl sites for hydroxylation is 1. The Balaban J connectivity index is 2.76. The standard InChI is InChI=1S/C12H11BrN2O2/c1-2-7-3-4-8-9(5-7)11(12(16)15-17)14-6-10(8)13/h3-6,17H,2H2,1H3,(H,15,16). The van der Waals surface area contributed by atoms with Crippen LogP contribution in [0.3, 0.4) is 0 Å². The molecule has 4 nitrogen and oxygen atoms in total. The van der Waals surface area contributed by atoms with Gasteiger partial charge in [-0.15, -0.1) is 0 Å². The average Bonchev–Trinajstić information content (AvgIpc) is 2.38. The summed E-state index contributed by atoms with van der Waals surface area (Å²) >= 11 is 3.39. The van der Waals surface area contributed by atoms with E-state index >= 15 is 0 Å². The Morgan fingerprint density at radius 3 is 2.88 bits per heavy atom. The van der Waals surface area contributed by atoms with E-state index in [0.29, 0.717) is 0 Å². The zero-order chi connectivity index (χ0) is 12.4. The molecule has 0 aliphatic heterocycles. The fraction of sp³-hybridized carbons (Fsp3) is 0.167. The van der Waals surface area contributed by atoms with Crippen LogP contribution in [0.1, 0.15) is 23.0 Å². The molecule has 0 fully saturated rings. The minimum Gasteiger partial charge on any atom is -0.288 e. The third-order valence-corrected chi connectivity index (χ3v) is 3.26. The van der Waals surface area contributed by atoms with Crippen LogP contribution in [0.5, 0.6) is 0 Å². The Morgan fingerprint density at radius 1 is 1.47 bits per heavy atom. The van der Waals surface area contributed by atoms with E-state index in [1.807, 2.05) is 25.1 Å². The second-order valence-corrected chi connectivity index (χ2v) is 4.48. The number of carbonyl (C=O) groups is 1. The van der Waals surface area contributed by atoms with Gasteiger partial charge in [-0.2, -0.15) is 0 Å². The van der Waals surface area contributed by atoms with Crippen LogP contribution in [-0.4, -0.2) is 16.1 Å². The second kappa shape index (κ2) is 4.81. The highest BCUT2D eigenvalue weighted by atomic mass is 79.9. The molecular weight excluding hydrogens is 284 g/mol. The molecule has 2 N–H and O–H groups in total. The summed E-state index contributed by atoms with van der Waals surface area (Å²) in [4.78, 5) is 15.5. The number of hydroxylamine groups is 1. The summed E-state index contributed by atoms with van der Waals surface area (Å²) in [6, 6.07) is 5.86. The Labute approximate surface area is 107 Å². The lowest BCUT2D eigenvalue weighted by Crippen LogP contribution is -2.20. The molecule has 0 saturated heterocycles. The number of fused-ring (bicyclic) bond motifs is 1. The van der Waals surface area contributed by atoms with Crippen LogP contribution in [0.15, 0.2) is 28.9 Å². The Kier molecular flexibility index (Phi) is 3.40. The molecule has 5 heteroatoms. The number of rotatable bonds is 2. The highest BCUT2D eigenvalue weighted by Gasteiger charge is 2.13. The smallest absolute Gasteiger partial charge is 0.288 e. The normalized spacial score (nSPS) is 10.5. The van der Waals surface area contributed by atoms with Crippen LogP contribution in [-0.2, 0) is 6.42 Å². The summed E-state index contributed by atoms with van der Waals surface area (Å²) < 4.78 is 0.824. The molecule has 1 amide bonds. The number of aromatic nitrogens is 1. The summed E-state index contributed by atoms with van der Waals surface area (Å²) in [5.74, 6) is -0.601. The van der Waals surface area contributed by atoms with Gasteiger partial charge in [-0.25, -0.2) is 10.5 Å². The number of hydrogen-bond donors (Lipinski definition) is 2. The molecule has 2 aromatic rings. The fourth-order valence-electron chi connectivity index (χ4n) is 1.71. The zero-order valence-electron chi connectivity index (χ0n) is 9.20. The van der Waals surface area contributed by atoms with Gasteiger partial charge in [-0.1, -0.05) is 19.1 Å². The molecule has 17 heavy (non-hydrogen) atoms. The van der Waals surface area contributed by atoms with E-state index in [-0.39, 0.29) is 5.69 Å². The number of carbonyl (C=O) groups excluding carboxylic acids is 1. The number of pyridine rings is 1. The van der Waals surface area contributed by atoms with Gasteiger partial charge in [0.05, 0.1) is 0 Å². The predicted molar refractivity (Wildman–Crippen MR) is 68.1 cm³/mol. The highest BCUT2D eigenvalue weighted by molar-refractivity contribution is 9.10. The molecule has 1 aromatic carbocycles. The number of amides is 1. The molecule has 1 aromatic heterocycles. The second-order valence-electron chi connectivity index (χ2n) is 3.63. The van der Waals surface area contributed by atoms with E-state index in [4.69, 9.17) is 5.21 Å². The van der Waals surface area contributed by atoms with Gasteiger partial charge in [-0.05, 0) is 39.4 Å². The first-order chi connectivity index (χ1) is 8.17. The maximum absolute atomic E-state index is 11.5. The first kappa shape index (κ1) is 12.0. The summed E-state index contributed by atoms with van der Waals surface area (Å²) in [6.45, 7) is 2.04. The predicted octanol–water partition coefficient (Wildman–Crippen LogP) is 2.68. The van der Waals surface area contributed by atoms with Gasteiger partial charge in [0.1, 0.15) is 5.69 Å². The van der Waals surface area contributed by atoms with E-state index < -0.39 is 5.91 Å². The minimum absolute atomic E-state index is 0.223. The monoisotopic (exact) mass is 294 g/mol. The Hall–Kier alpha value is -1.46. The fourth-order valence-corrected chi connectivity index (χ4v) is 2.16. The summed E-state index contributed by atoms with van der Waals surface area (Å²) in [5, 5.41) is 10.3. The van der Waals surface area contributed by atoms with Crippen molar-refractivity contribution in [3.63, 3.8) is 0 Å². The number of nitrogens with one attached hydrogen (secondary N) is 1. The van der Waals surface area contributed by atoms with Gasteiger partial charge in [0, 0.05) is 16.1 Å². The lowest BCUT2D eigenvalue weighted by Gasteiger charge is -2.07. The highest BCUT2D eigenvalue weighted by Crippen LogP contribution is 2.26. The molecule has 0 spiro atoms. The summed E-state index contributed by atoms with van der Waals surface area (Å²) in [7, 11) is 0. The van der Waals surface area contributed by atoms with Gasteiger partial charge < -0.3 is 0 Å². The number of hydrogen-bond acceptors (Lipinski definition) is 3. The van der Waals surface area contributed by atoms with Crippen LogP contribution in [0.25, 0.3) is 10.8 Å². The summed E-state index contributed by atoms with van der Waals surface area (Å²) in [5.41, 5.74) is 2.95. The van der Waals surface area contributed by atoms with Gasteiger partial charge in [0.15, 0.2) is 0 Å². The van der Waals surface area contributed by atoms with Gasteiger partial charge in [0.2, 0.25) is 0 Å². The van der Waals surface area contributed by atoms with Crippen LogP contribution in [0.4, 0.5) is 0 Å². The Bertz CT molecular complexity index is 584. The number of halogens is 1. The molecule has 0 saturated carbocycles. The van der Waals surface area contributed by atoms with Crippen molar-refractivity contribution in [1.29, 1.82) is 0 Å². The molecular formula is C12H11BrN2O2. The molecule has 0 atom stereocenters. The lowest BCUT2D eigenvalue weighted by molar-refractivity contribution is 0.0703. The van der Waals surface area contributed by atoms with Crippen molar-refractivity contribution in [3.05, 3.63) is 40.1 Å². The lowest BCUT2D eigenvalue weighted by atomic mass is 10.0. The summed E-state index contributed by atoms with van der Waals surface area (Å²) in [6.07, 6.45) is 2.43. The van der Waals surface area contributed by atoms with Crippen molar-refractivity contribution in [3.8, 4) is 0 Å². The van der Waals surface area contributed by atoms with Crippen LogP contribution in [0.2, 0.25) is 0 Å². The topological polar surface area (TPSA) is 62.2 Å². The molecule has 0 radical (unpaired) electrons. The van der Waals surface area contributed by atoms with E-state index in [1.165, 1.54) is 0 Å². The molecule has 2 rings (SSSR count). The third kappa shape index (κ3) is 2.16. The van der Waals surface area contributed by atoms with Crippen LogP contribution < -0.4 is 5.48 Å². The third-order valence-electron chi connectivity index (χ3n) is 2.63. The van der Waals surface area contributed by atoms with Crippen molar-refractivity contribution >= 4 is 32.6 Å². The first-order valence-corrected chi connectivity index (χ1v) is 5.98.